The van der Waals surface area contributed by atoms with E-state index in [-0.39, 0.29) is 11.2 Å². The second-order valence-electron chi connectivity index (χ2n) is 6.57. The number of nitrogens with zero attached hydrogens (tertiary/aromatic N) is 3. The third-order valence-electron chi connectivity index (χ3n) is 5.04. The highest BCUT2D eigenvalue weighted by atomic mass is 19.1. The summed E-state index contributed by atoms with van der Waals surface area (Å²) in [6.45, 7) is 6.15. The molecular formula is C17H22FN3. The first-order chi connectivity index (χ1) is 10.1. The number of halogens is 1. The molecule has 0 amide bonds. The van der Waals surface area contributed by atoms with Gasteiger partial charge in [0.2, 0.25) is 0 Å². The first kappa shape index (κ1) is 14.3. The minimum Gasteiger partial charge on any atom is -0.370 e. The summed E-state index contributed by atoms with van der Waals surface area (Å²) in [4.78, 5) is 4.87. The molecule has 0 radical (unpaired) electrons. The van der Waals surface area contributed by atoms with Gasteiger partial charge in [0.05, 0.1) is 11.5 Å². The van der Waals surface area contributed by atoms with Gasteiger partial charge in [0.25, 0.3) is 0 Å². The first-order valence-corrected chi connectivity index (χ1v) is 7.75. The largest absolute Gasteiger partial charge is 0.370 e. The third-order valence-corrected chi connectivity index (χ3v) is 5.04. The molecule has 0 spiro atoms. The van der Waals surface area contributed by atoms with Crippen LogP contribution in [-0.4, -0.2) is 37.1 Å². The zero-order chi connectivity index (χ0) is 14.9. The summed E-state index contributed by atoms with van der Waals surface area (Å²) in [6.07, 6.45) is 3.09. The molecule has 2 saturated heterocycles. The topological polar surface area (TPSA) is 30.3 Å². The van der Waals surface area contributed by atoms with E-state index in [0.717, 1.165) is 51.1 Å². The molecule has 1 atom stereocenters. The molecule has 0 aromatic heterocycles. The zero-order valence-corrected chi connectivity index (χ0v) is 12.6. The number of hydrogen-bond donors (Lipinski definition) is 0. The van der Waals surface area contributed by atoms with Crippen LogP contribution in [0, 0.1) is 22.6 Å². The van der Waals surface area contributed by atoms with Gasteiger partial charge in [-0.05, 0) is 50.5 Å². The molecule has 21 heavy (non-hydrogen) atoms. The number of hydrogen-bond acceptors (Lipinski definition) is 3. The first-order valence-electron chi connectivity index (χ1n) is 7.75. The van der Waals surface area contributed by atoms with Gasteiger partial charge in [-0.2, -0.15) is 5.26 Å². The number of rotatable bonds is 2. The van der Waals surface area contributed by atoms with E-state index in [2.05, 4.69) is 22.8 Å². The fourth-order valence-corrected chi connectivity index (χ4v) is 3.42. The van der Waals surface area contributed by atoms with Crippen molar-refractivity contribution in [2.45, 2.75) is 32.2 Å². The molecule has 0 bridgehead atoms. The molecule has 0 aliphatic carbocycles. The number of piperidine rings is 1. The lowest BCUT2D eigenvalue weighted by Crippen LogP contribution is -2.45. The molecule has 112 valence electrons. The Morgan fingerprint density at radius 1 is 1.19 bits per heavy atom. The molecule has 1 aromatic carbocycles. The van der Waals surface area contributed by atoms with Crippen LogP contribution < -0.4 is 4.90 Å². The molecule has 3 rings (SSSR count). The Hall–Kier alpha value is -1.60. The van der Waals surface area contributed by atoms with E-state index in [1.807, 2.05) is 12.1 Å². The summed E-state index contributed by atoms with van der Waals surface area (Å²) >= 11 is 0. The maximum atomic E-state index is 13.0. The van der Waals surface area contributed by atoms with E-state index < -0.39 is 0 Å². The van der Waals surface area contributed by atoms with Crippen molar-refractivity contribution < 1.29 is 4.39 Å². The maximum Gasteiger partial charge on any atom is 0.123 e. The number of benzene rings is 1. The molecule has 0 N–H and O–H groups in total. The lowest BCUT2D eigenvalue weighted by Gasteiger charge is -2.38. The van der Waals surface area contributed by atoms with Crippen LogP contribution in [0.15, 0.2) is 24.3 Å². The van der Waals surface area contributed by atoms with Crippen molar-refractivity contribution in [2.75, 3.05) is 31.1 Å². The highest BCUT2D eigenvalue weighted by molar-refractivity contribution is 5.47. The van der Waals surface area contributed by atoms with Gasteiger partial charge in [0.15, 0.2) is 0 Å². The van der Waals surface area contributed by atoms with Crippen LogP contribution in [0.2, 0.25) is 0 Å². The SMILES string of the molecule is CC1(C#N)CCN(C2CCN(c3ccc(F)cc3)C2)CC1. The molecule has 2 aliphatic rings. The van der Waals surface area contributed by atoms with Crippen LogP contribution in [0.3, 0.4) is 0 Å². The van der Waals surface area contributed by atoms with E-state index in [0.29, 0.717) is 6.04 Å². The molecule has 1 unspecified atom stereocenters. The van der Waals surface area contributed by atoms with Gasteiger partial charge >= 0.3 is 0 Å². The zero-order valence-electron chi connectivity index (χ0n) is 12.6. The van der Waals surface area contributed by atoms with Crippen molar-refractivity contribution in [2.24, 2.45) is 5.41 Å². The molecule has 2 aliphatic heterocycles. The van der Waals surface area contributed by atoms with Crippen molar-refractivity contribution in [1.29, 1.82) is 5.26 Å². The fourth-order valence-electron chi connectivity index (χ4n) is 3.42. The summed E-state index contributed by atoms with van der Waals surface area (Å²) in [5, 5.41) is 9.21. The van der Waals surface area contributed by atoms with Crippen molar-refractivity contribution >= 4 is 5.69 Å². The van der Waals surface area contributed by atoms with Gasteiger partial charge in [0, 0.05) is 37.9 Å². The van der Waals surface area contributed by atoms with E-state index in [4.69, 9.17) is 0 Å². The molecule has 2 heterocycles. The van der Waals surface area contributed by atoms with E-state index in [1.54, 1.807) is 0 Å². The predicted octanol–water partition coefficient (Wildman–Crippen LogP) is 3.03. The quantitative estimate of drug-likeness (QED) is 0.837. The van der Waals surface area contributed by atoms with E-state index in [1.165, 1.54) is 12.1 Å². The Morgan fingerprint density at radius 3 is 2.48 bits per heavy atom. The van der Waals surface area contributed by atoms with Gasteiger partial charge in [-0.1, -0.05) is 0 Å². The van der Waals surface area contributed by atoms with Crippen LogP contribution >= 0.6 is 0 Å². The second-order valence-corrected chi connectivity index (χ2v) is 6.57. The average molecular weight is 287 g/mol. The molecule has 2 fully saturated rings. The van der Waals surface area contributed by atoms with Crippen molar-refractivity contribution in [1.82, 2.24) is 4.90 Å². The Bertz CT molecular complexity index is 526. The van der Waals surface area contributed by atoms with Crippen LogP contribution in [0.5, 0.6) is 0 Å². The number of nitriles is 1. The minimum absolute atomic E-state index is 0.133. The fraction of sp³-hybridized carbons (Fsp3) is 0.588. The van der Waals surface area contributed by atoms with Crippen molar-refractivity contribution in [3.63, 3.8) is 0 Å². The van der Waals surface area contributed by atoms with Gasteiger partial charge < -0.3 is 4.90 Å². The lowest BCUT2D eigenvalue weighted by atomic mass is 9.81. The molecule has 3 nitrogen and oxygen atoms in total. The predicted molar refractivity (Wildman–Crippen MR) is 81.5 cm³/mol. The number of anilines is 1. The summed E-state index contributed by atoms with van der Waals surface area (Å²) < 4.78 is 13.0. The van der Waals surface area contributed by atoms with Gasteiger partial charge in [-0.25, -0.2) is 4.39 Å². The summed E-state index contributed by atoms with van der Waals surface area (Å²) in [5.74, 6) is -0.179. The standard InChI is InChI=1S/C17H22FN3/c1-17(13-19)7-10-20(11-8-17)16-6-9-21(12-16)15-4-2-14(18)3-5-15/h2-5,16H,6-12H2,1H3. The third kappa shape index (κ3) is 3.03. The van der Waals surface area contributed by atoms with Crippen molar-refractivity contribution in [3.8, 4) is 6.07 Å². The highest BCUT2D eigenvalue weighted by Gasteiger charge is 2.35. The van der Waals surface area contributed by atoms with Gasteiger partial charge in [-0.15, -0.1) is 0 Å². The minimum atomic E-state index is -0.179. The maximum absolute atomic E-state index is 13.0. The van der Waals surface area contributed by atoms with Crippen LogP contribution in [0.1, 0.15) is 26.2 Å². The summed E-state index contributed by atoms with van der Waals surface area (Å²) in [6, 6.07) is 9.81. The van der Waals surface area contributed by atoms with Gasteiger partial charge in [0.1, 0.15) is 5.82 Å². The second kappa shape index (κ2) is 5.65. The molecular weight excluding hydrogens is 265 g/mol. The van der Waals surface area contributed by atoms with E-state index >= 15 is 0 Å². The molecule has 0 saturated carbocycles. The lowest BCUT2D eigenvalue weighted by molar-refractivity contribution is 0.120. The Balaban J connectivity index is 1.58. The summed E-state index contributed by atoms with van der Waals surface area (Å²) in [5.41, 5.74) is 0.976. The normalized spacial score (nSPS) is 25.8. The van der Waals surface area contributed by atoms with Crippen LogP contribution in [0.25, 0.3) is 0 Å². The average Bonchev–Trinajstić information content (AvgIpc) is 2.98. The Morgan fingerprint density at radius 2 is 1.86 bits per heavy atom. The summed E-state index contributed by atoms with van der Waals surface area (Å²) in [7, 11) is 0. The Kier molecular flexibility index (Phi) is 3.86. The monoisotopic (exact) mass is 287 g/mol. The van der Waals surface area contributed by atoms with Crippen molar-refractivity contribution in [3.05, 3.63) is 30.1 Å². The molecule has 1 aromatic rings. The molecule has 4 heteroatoms. The smallest absolute Gasteiger partial charge is 0.123 e. The van der Waals surface area contributed by atoms with E-state index in [9.17, 15) is 9.65 Å². The van der Waals surface area contributed by atoms with Gasteiger partial charge in [-0.3, -0.25) is 4.90 Å². The highest BCUT2D eigenvalue weighted by Crippen LogP contribution is 2.32. The van der Waals surface area contributed by atoms with Crippen LogP contribution in [-0.2, 0) is 0 Å². The van der Waals surface area contributed by atoms with Crippen LogP contribution in [0.4, 0.5) is 10.1 Å². The number of likely N-dealkylation sites (tertiary alicyclic amines) is 1. The Labute approximate surface area is 126 Å².